The molecule has 0 aliphatic heterocycles. The van der Waals surface area contributed by atoms with Crippen molar-refractivity contribution in [3.63, 3.8) is 0 Å². The Balaban J connectivity index is 1.97. The van der Waals surface area contributed by atoms with Gasteiger partial charge in [-0.15, -0.1) is 0 Å². The number of methoxy groups -OCH3 is 2. The highest BCUT2D eigenvalue weighted by atomic mass is 16.5. The summed E-state index contributed by atoms with van der Waals surface area (Å²) in [4.78, 5) is 0. The third-order valence-electron chi connectivity index (χ3n) is 3.19. The topological polar surface area (TPSA) is 30.5 Å². The van der Waals surface area contributed by atoms with E-state index in [0.717, 1.165) is 31.9 Å². The van der Waals surface area contributed by atoms with E-state index in [1.807, 2.05) is 6.07 Å². The molecule has 0 fully saturated rings. The van der Waals surface area contributed by atoms with Crippen LogP contribution in [0.3, 0.4) is 0 Å². The molecule has 0 amide bonds. The lowest BCUT2D eigenvalue weighted by atomic mass is 10.0. The Kier molecular flexibility index (Phi) is 5.19. The smallest absolute Gasteiger partial charge is 0.119 e. The molecule has 0 unspecified atom stereocenters. The lowest BCUT2D eigenvalue weighted by Gasteiger charge is -2.07. The summed E-state index contributed by atoms with van der Waals surface area (Å²) in [5, 5.41) is 5.83. The van der Waals surface area contributed by atoms with Crippen LogP contribution in [-0.2, 0) is 11.2 Å². The third kappa shape index (κ3) is 3.94. The highest BCUT2D eigenvalue weighted by Gasteiger charge is 1.99. The Bertz CT molecular complexity index is 525. The summed E-state index contributed by atoms with van der Waals surface area (Å²) in [5.74, 6) is 0.904. The monoisotopic (exact) mass is 259 g/mol. The van der Waals surface area contributed by atoms with Crippen molar-refractivity contribution < 1.29 is 9.47 Å². The van der Waals surface area contributed by atoms with Crippen LogP contribution in [0.1, 0.15) is 5.56 Å². The summed E-state index contributed by atoms with van der Waals surface area (Å²) >= 11 is 0. The van der Waals surface area contributed by atoms with Gasteiger partial charge in [0.2, 0.25) is 0 Å². The Morgan fingerprint density at radius 2 is 1.74 bits per heavy atom. The van der Waals surface area contributed by atoms with E-state index in [-0.39, 0.29) is 0 Å². The standard InChI is InChI=1S/C16H21NO2/c1-18-10-9-17-8-7-13-3-4-15-12-16(19-2)6-5-14(15)11-13/h3-6,11-12,17H,7-10H2,1-2H3. The van der Waals surface area contributed by atoms with Crippen molar-refractivity contribution in [3.8, 4) is 5.75 Å². The maximum atomic E-state index is 5.23. The van der Waals surface area contributed by atoms with E-state index in [1.54, 1.807) is 14.2 Å². The summed E-state index contributed by atoms with van der Waals surface area (Å²) in [6, 6.07) is 12.8. The van der Waals surface area contributed by atoms with Crippen LogP contribution in [0.25, 0.3) is 10.8 Å². The fraction of sp³-hybridized carbons (Fsp3) is 0.375. The molecule has 2 aromatic carbocycles. The molecule has 19 heavy (non-hydrogen) atoms. The molecule has 0 spiro atoms. The van der Waals surface area contributed by atoms with Crippen molar-refractivity contribution in [2.75, 3.05) is 33.9 Å². The molecule has 0 bridgehead atoms. The molecular formula is C16H21NO2. The molecule has 0 atom stereocenters. The van der Waals surface area contributed by atoms with E-state index in [9.17, 15) is 0 Å². The van der Waals surface area contributed by atoms with Gasteiger partial charge < -0.3 is 14.8 Å². The van der Waals surface area contributed by atoms with E-state index in [4.69, 9.17) is 9.47 Å². The first-order valence-corrected chi connectivity index (χ1v) is 6.60. The lowest BCUT2D eigenvalue weighted by molar-refractivity contribution is 0.199. The molecular weight excluding hydrogens is 238 g/mol. The fourth-order valence-electron chi connectivity index (χ4n) is 2.09. The SMILES string of the molecule is COCCNCCc1ccc2cc(OC)ccc2c1. The van der Waals surface area contributed by atoms with Gasteiger partial charge in [0.05, 0.1) is 13.7 Å². The van der Waals surface area contributed by atoms with Crippen molar-refractivity contribution >= 4 is 10.8 Å². The minimum absolute atomic E-state index is 0.761. The molecule has 0 aliphatic carbocycles. The minimum Gasteiger partial charge on any atom is -0.497 e. The molecule has 3 nitrogen and oxygen atoms in total. The Hall–Kier alpha value is -1.58. The zero-order valence-electron chi connectivity index (χ0n) is 11.6. The molecule has 3 heteroatoms. The first-order valence-electron chi connectivity index (χ1n) is 6.60. The maximum Gasteiger partial charge on any atom is 0.119 e. The van der Waals surface area contributed by atoms with Gasteiger partial charge in [0.25, 0.3) is 0 Å². The minimum atomic E-state index is 0.761. The largest absolute Gasteiger partial charge is 0.497 e. The quantitative estimate of drug-likeness (QED) is 0.775. The number of nitrogens with one attached hydrogen (secondary N) is 1. The van der Waals surface area contributed by atoms with Gasteiger partial charge in [0, 0.05) is 13.7 Å². The maximum absolute atomic E-state index is 5.23. The Labute approximate surface area is 114 Å². The molecule has 102 valence electrons. The van der Waals surface area contributed by atoms with Gasteiger partial charge in [0.15, 0.2) is 0 Å². The van der Waals surface area contributed by atoms with E-state index < -0.39 is 0 Å². The number of fused-ring (bicyclic) bond motifs is 1. The average molecular weight is 259 g/mol. The van der Waals surface area contributed by atoms with Crippen LogP contribution >= 0.6 is 0 Å². The normalized spacial score (nSPS) is 10.8. The second-order valence-electron chi connectivity index (χ2n) is 4.54. The van der Waals surface area contributed by atoms with E-state index >= 15 is 0 Å². The van der Waals surface area contributed by atoms with Gasteiger partial charge in [0.1, 0.15) is 5.75 Å². The molecule has 2 aromatic rings. The highest BCUT2D eigenvalue weighted by Crippen LogP contribution is 2.21. The molecule has 0 saturated carbocycles. The average Bonchev–Trinajstić information content (AvgIpc) is 2.46. The number of ether oxygens (including phenoxy) is 2. The van der Waals surface area contributed by atoms with E-state index in [1.165, 1.54) is 16.3 Å². The Morgan fingerprint density at radius 1 is 0.947 bits per heavy atom. The predicted octanol–water partition coefficient (Wildman–Crippen LogP) is 2.63. The molecule has 0 aliphatic rings. The van der Waals surface area contributed by atoms with E-state index in [0.29, 0.717) is 0 Å². The summed E-state index contributed by atoms with van der Waals surface area (Å²) in [6.45, 7) is 2.64. The predicted molar refractivity (Wildman–Crippen MR) is 78.9 cm³/mol. The summed E-state index contributed by atoms with van der Waals surface area (Å²) in [7, 11) is 3.42. The lowest BCUT2D eigenvalue weighted by Crippen LogP contribution is -2.21. The van der Waals surface area contributed by atoms with Gasteiger partial charge >= 0.3 is 0 Å². The van der Waals surface area contributed by atoms with Crippen LogP contribution < -0.4 is 10.1 Å². The first kappa shape index (κ1) is 13.8. The molecule has 0 aromatic heterocycles. The van der Waals surface area contributed by atoms with Crippen LogP contribution in [0, 0.1) is 0 Å². The molecule has 1 N–H and O–H groups in total. The molecule has 0 heterocycles. The highest BCUT2D eigenvalue weighted by molar-refractivity contribution is 5.84. The van der Waals surface area contributed by atoms with Crippen LogP contribution in [0.2, 0.25) is 0 Å². The Morgan fingerprint density at radius 3 is 2.53 bits per heavy atom. The van der Waals surface area contributed by atoms with Crippen molar-refractivity contribution in [2.45, 2.75) is 6.42 Å². The molecule has 0 radical (unpaired) electrons. The van der Waals surface area contributed by atoms with Gasteiger partial charge in [-0.1, -0.05) is 24.3 Å². The van der Waals surface area contributed by atoms with Crippen molar-refractivity contribution in [1.82, 2.24) is 5.32 Å². The molecule has 0 saturated heterocycles. The number of rotatable bonds is 7. The van der Waals surface area contributed by atoms with Crippen LogP contribution in [0.4, 0.5) is 0 Å². The van der Waals surface area contributed by atoms with Crippen LogP contribution in [0.15, 0.2) is 36.4 Å². The van der Waals surface area contributed by atoms with Crippen molar-refractivity contribution in [2.24, 2.45) is 0 Å². The van der Waals surface area contributed by atoms with E-state index in [2.05, 4.69) is 35.6 Å². The summed E-state index contributed by atoms with van der Waals surface area (Å²) in [5.41, 5.74) is 1.35. The second kappa shape index (κ2) is 7.12. The fourth-order valence-corrected chi connectivity index (χ4v) is 2.09. The number of hydrogen-bond acceptors (Lipinski definition) is 3. The number of hydrogen-bond donors (Lipinski definition) is 1. The summed E-state index contributed by atoms with van der Waals surface area (Å²) < 4.78 is 10.2. The molecule has 2 rings (SSSR count). The van der Waals surface area contributed by atoms with Crippen molar-refractivity contribution in [3.05, 3.63) is 42.0 Å². The first-order chi connectivity index (χ1) is 9.33. The van der Waals surface area contributed by atoms with Crippen molar-refractivity contribution in [1.29, 1.82) is 0 Å². The summed E-state index contributed by atoms with van der Waals surface area (Å²) in [6.07, 6.45) is 1.03. The second-order valence-corrected chi connectivity index (χ2v) is 4.54. The van der Waals surface area contributed by atoms with Crippen LogP contribution in [-0.4, -0.2) is 33.9 Å². The third-order valence-corrected chi connectivity index (χ3v) is 3.19. The number of benzene rings is 2. The van der Waals surface area contributed by atoms with Gasteiger partial charge in [-0.2, -0.15) is 0 Å². The van der Waals surface area contributed by atoms with Crippen LogP contribution in [0.5, 0.6) is 5.75 Å². The van der Waals surface area contributed by atoms with Gasteiger partial charge in [-0.25, -0.2) is 0 Å². The zero-order chi connectivity index (χ0) is 13.5. The van der Waals surface area contributed by atoms with Gasteiger partial charge in [-0.05, 0) is 41.4 Å². The zero-order valence-corrected chi connectivity index (χ0v) is 11.6. The van der Waals surface area contributed by atoms with Gasteiger partial charge in [-0.3, -0.25) is 0 Å².